The smallest absolute Gasteiger partial charge is 0.133 e. The zero-order chi connectivity index (χ0) is 11.4. The Hall–Kier alpha value is -0.540. The highest BCUT2D eigenvalue weighted by Crippen LogP contribution is 2.27. The van der Waals surface area contributed by atoms with Crippen LogP contribution < -0.4 is 10.1 Å². The monoisotopic (exact) mass is 283 g/mol. The van der Waals surface area contributed by atoms with Gasteiger partial charge in [0, 0.05) is 6.54 Å². The first-order valence-corrected chi connectivity index (χ1v) is 6.64. The summed E-state index contributed by atoms with van der Waals surface area (Å²) in [4.78, 5) is 0. The zero-order valence-electron chi connectivity index (χ0n) is 9.63. The molecule has 1 aliphatic rings. The molecule has 0 aromatic heterocycles. The summed E-state index contributed by atoms with van der Waals surface area (Å²) in [5, 5.41) is 3.41. The van der Waals surface area contributed by atoms with Gasteiger partial charge in [-0.15, -0.1) is 0 Å². The predicted octanol–water partition coefficient (Wildman–Crippen LogP) is 3.14. The number of nitrogens with one attached hydrogen (secondary N) is 1. The Bertz CT molecular complexity index is 350. The Morgan fingerprint density at radius 1 is 1.44 bits per heavy atom. The van der Waals surface area contributed by atoms with Crippen molar-refractivity contribution in [3.8, 4) is 5.75 Å². The molecular formula is C13H18BrNO. The van der Waals surface area contributed by atoms with Crippen molar-refractivity contribution in [3.63, 3.8) is 0 Å². The standard InChI is InChI=1S/C13H18BrNO/c1-10-2-5-13(12(14)8-10)16-7-6-15-9-11-3-4-11/h2,5,8,11,15H,3-4,6-7,9H2,1H3. The van der Waals surface area contributed by atoms with Crippen molar-refractivity contribution in [1.82, 2.24) is 5.32 Å². The van der Waals surface area contributed by atoms with Crippen LogP contribution in [0.3, 0.4) is 0 Å². The minimum atomic E-state index is 0.731. The summed E-state index contributed by atoms with van der Waals surface area (Å²) >= 11 is 3.50. The fourth-order valence-electron chi connectivity index (χ4n) is 1.58. The molecular weight excluding hydrogens is 266 g/mol. The van der Waals surface area contributed by atoms with Gasteiger partial charge in [0.2, 0.25) is 0 Å². The Balaban J connectivity index is 1.67. The van der Waals surface area contributed by atoms with E-state index >= 15 is 0 Å². The van der Waals surface area contributed by atoms with E-state index in [2.05, 4.69) is 40.3 Å². The average Bonchev–Trinajstić information content (AvgIpc) is 3.04. The van der Waals surface area contributed by atoms with Crippen LogP contribution >= 0.6 is 15.9 Å². The normalized spacial score (nSPS) is 15.1. The maximum atomic E-state index is 5.68. The number of hydrogen-bond donors (Lipinski definition) is 1. The molecule has 2 rings (SSSR count). The number of hydrogen-bond acceptors (Lipinski definition) is 2. The largest absolute Gasteiger partial charge is 0.491 e. The molecule has 1 aliphatic carbocycles. The Morgan fingerprint density at radius 3 is 2.94 bits per heavy atom. The van der Waals surface area contributed by atoms with Crippen molar-refractivity contribution in [2.75, 3.05) is 19.7 Å². The molecule has 1 saturated carbocycles. The van der Waals surface area contributed by atoms with E-state index in [4.69, 9.17) is 4.74 Å². The second kappa shape index (κ2) is 5.69. The van der Waals surface area contributed by atoms with Crippen LogP contribution in [-0.4, -0.2) is 19.7 Å². The number of rotatable bonds is 6. The molecule has 88 valence electrons. The molecule has 0 spiro atoms. The van der Waals surface area contributed by atoms with Crippen molar-refractivity contribution in [1.29, 1.82) is 0 Å². The molecule has 3 heteroatoms. The summed E-state index contributed by atoms with van der Waals surface area (Å²) in [6, 6.07) is 6.16. The first kappa shape index (κ1) is 11.9. The van der Waals surface area contributed by atoms with Gasteiger partial charge in [0.25, 0.3) is 0 Å². The van der Waals surface area contributed by atoms with E-state index in [1.165, 1.54) is 18.4 Å². The lowest BCUT2D eigenvalue weighted by molar-refractivity contribution is 0.311. The summed E-state index contributed by atoms with van der Waals surface area (Å²) in [6.07, 6.45) is 2.80. The lowest BCUT2D eigenvalue weighted by atomic mass is 10.2. The van der Waals surface area contributed by atoms with E-state index in [0.717, 1.165) is 35.8 Å². The van der Waals surface area contributed by atoms with Crippen LogP contribution in [0.2, 0.25) is 0 Å². The van der Waals surface area contributed by atoms with E-state index in [1.807, 2.05) is 6.07 Å². The third-order valence-electron chi connectivity index (χ3n) is 2.75. The summed E-state index contributed by atoms with van der Waals surface area (Å²) in [6.45, 7) is 4.88. The summed E-state index contributed by atoms with van der Waals surface area (Å²) in [5.74, 6) is 1.87. The first-order valence-electron chi connectivity index (χ1n) is 5.85. The second-order valence-electron chi connectivity index (χ2n) is 4.43. The Morgan fingerprint density at radius 2 is 2.25 bits per heavy atom. The van der Waals surface area contributed by atoms with E-state index in [0.29, 0.717) is 0 Å². The minimum absolute atomic E-state index is 0.731. The summed E-state index contributed by atoms with van der Waals surface area (Å²) in [7, 11) is 0. The van der Waals surface area contributed by atoms with E-state index in [9.17, 15) is 0 Å². The van der Waals surface area contributed by atoms with Crippen LogP contribution in [0.25, 0.3) is 0 Å². The fraction of sp³-hybridized carbons (Fsp3) is 0.538. The van der Waals surface area contributed by atoms with Gasteiger partial charge in [-0.25, -0.2) is 0 Å². The Kier molecular flexibility index (Phi) is 4.24. The molecule has 0 amide bonds. The van der Waals surface area contributed by atoms with E-state index < -0.39 is 0 Å². The molecule has 0 bridgehead atoms. The maximum absolute atomic E-state index is 5.68. The third-order valence-corrected chi connectivity index (χ3v) is 3.37. The fourth-order valence-corrected chi connectivity index (χ4v) is 2.19. The Labute approximate surface area is 106 Å². The zero-order valence-corrected chi connectivity index (χ0v) is 11.2. The second-order valence-corrected chi connectivity index (χ2v) is 5.28. The summed E-state index contributed by atoms with van der Waals surface area (Å²) < 4.78 is 6.72. The molecule has 1 N–H and O–H groups in total. The minimum Gasteiger partial charge on any atom is -0.491 e. The molecule has 16 heavy (non-hydrogen) atoms. The first-order chi connectivity index (χ1) is 7.75. The molecule has 0 radical (unpaired) electrons. The van der Waals surface area contributed by atoms with Crippen molar-refractivity contribution >= 4 is 15.9 Å². The topological polar surface area (TPSA) is 21.3 Å². The van der Waals surface area contributed by atoms with Gasteiger partial charge in [0.15, 0.2) is 0 Å². The molecule has 0 aliphatic heterocycles. The highest BCUT2D eigenvalue weighted by molar-refractivity contribution is 9.10. The van der Waals surface area contributed by atoms with Gasteiger partial charge in [-0.2, -0.15) is 0 Å². The van der Waals surface area contributed by atoms with Crippen molar-refractivity contribution in [3.05, 3.63) is 28.2 Å². The number of benzene rings is 1. The highest BCUT2D eigenvalue weighted by Gasteiger charge is 2.19. The quantitative estimate of drug-likeness (QED) is 0.810. The predicted molar refractivity (Wildman–Crippen MR) is 70.0 cm³/mol. The van der Waals surface area contributed by atoms with Gasteiger partial charge in [0.05, 0.1) is 4.47 Å². The van der Waals surface area contributed by atoms with Crippen LogP contribution in [0.4, 0.5) is 0 Å². The molecule has 1 fully saturated rings. The van der Waals surface area contributed by atoms with Gasteiger partial charge >= 0.3 is 0 Å². The number of ether oxygens (including phenoxy) is 1. The lowest BCUT2D eigenvalue weighted by Gasteiger charge is -2.09. The average molecular weight is 284 g/mol. The number of aryl methyl sites for hydroxylation is 1. The summed E-state index contributed by atoms with van der Waals surface area (Å²) in [5.41, 5.74) is 1.24. The maximum Gasteiger partial charge on any atom is 0.133 e. The van der Waals surface area contributed by atoms with Crippen LogP contribution in [0, 0.1) is 12.8 Å². The lowest BCUT2D eigenvalue weighted by Crippen LogP contribution is -2.23. The van der Waals surface area contributed by atoms with E-state index in [1.54, 1.807) is 0 Å². The third kappa shape index (κ3) is 3.80. The molecule has 0 unspecified atom stereocenters. The molecule has 0 saturated heterocycles. The van der Waals surface area contributed by atoms with Crippen LogP contribution in [-0.2, 0) is 0 Å². The van der Waals surface area contributed by atoms with Crippen molar-refractivity contribution < 1.29 is 4.74 Å². The molecule has 2 nitrogen and oxygen atoms in total. The van der Waals surface area contributed by atoms with E-state index in [-0.39, 0.29) is 0 Å². The van der Waals surface area contributed by atoms with Crippen LogP contribution in [0.5, 0.6) is 5.75 Å². The molecule has 1 aromatic carbocycles. The molecule has 0 atom stereocenters. The van der Waals surface area contributed by atoms with Crippen LogP contribution in [0.1, 0.15) is 18.4 Å². The van der Waals surface area contributed by atoms with Gasteiger partial charge in [0.1, 0.15) is 12.4 Å². The highest BCUT2D eigenvalue weighted by atomic mass is 79.9. The SMILES string of the molecule is Cc1ccc(OCCNCC2CC2)c(Br)c1. The van der Waals surface area contributed by atoms with Crippen molar-refractivity contribution in [2.24, 2.45) is 5.92 Å². The van der Waals surface area contributed by atoms with Crippen LogP contribution in [0.15, 0.2) is 22.7 Å². The van der Waals surface area contributed by atoms with Gasteiger partial charge in [-0.1, -0.05) is 6.07 Å². The van der Waals surface area contributed by atoms with Gasteiger partial charge in [-0.05, 0) is 65.9 Å². The molecule has 0 heterocycles. The van der Waals surface area contributed by atoms with Gasteiger partial charge < -0.3 is 10.1 Å². The van der Waals surface area contributed by atoms with Gasteiger partial charge in [-0.3, -0.25) is 0 Å². The molecule has 1 aromatic rings. The number of halogens is 1. The van der Waals surface area contributed by atoms with Crippen molar-refractivity contribution in [2.45, 2.75) is 19.8 Å².